The molecule has 0 fully saturated rings. The zero-order valence-corrected chi connectivity index (χ0v) is 23.8. The SMILES string of the molecule is CC(C)(C)C(=O)OC[C@H](OC(=O)C(C)(C)C)C1OC=CC(OC(=O)C(C)(C)C)C1OC(=O)C(C)(C)C. The molecule has 1 heterocycles. The molecule has 1 aliphatic rings. The molecule has 0 aromatic carbocycles. The molecule has 0 bridgehead atoms. The molecule has 0 aromatic heterocycles. The fourth-order valence-corrected chi connectivity index (χ4v) is 2.61. The van der Waals surface area contributed by atoms with Crippen molar-refractivity contribution in [3.63, 3.8) is 0 Å². The first-order valence-electron chi connectivity index (χ1n) is 12.2. The lowest BCUT2D eigenvalue weighted by Crippen LogP contribution is -2.55. The van der Waals surface area contributed by atoms with E-state index in [4.69, 9.17) is 23.7 Å². The average Bonchev–Trinajstić information content (AvgIpc) is 2.68. The van der Waals surface area contributed by atoms with Gasteiger partial charge in [-0.05, 0) is 89.2 Å². The largest absolute Gasteiger partial charge is 0.490 e. The van der Waals surface area contributed by atoms with Gasteiger partial charge < -0.3 is 23.7 Å². The van der Waals surface area contributed by atoms with Crippen molar-refractivity contribution in [2.24, 2.45) is 21.7 Å². The van der Waals surface area contributed by atoms with Crippen LogP contribution in [0, 0.1) is 21.7 Å². The Balaban J connectivity index is 3.42. The van der Waals surface area contributed by atoms with Crippen molar-refractivity contribution >= 4 is 23.9 Å². The minimum atomic E-state index is -1.17. The maximum absolute atomic E-state index is 12.9. The molecule has 0 amide bonds. The number of hydrogen-bond donors (Lipinski definition) is 0. The summed E-state index contributed by atoms with van der Waals surface area (Å²) in [6.45, 7) is 19.9. The van der Waals surface area contributed by atoms with Crippen LogP contribution in [0.2, 0.25) is 0 Å². The second kappa shape index (κ2) is 11.2. The van der Waals surface area contributed by atoms with Crippen molar-refractivity contribution in [1.82, 2.24) is 0 Å². The molecule has 1 aliphatic heterocycles. The van der Waals surface area contributed by atoms with Crippen LogP contribution >= 0.6 is 0 Å². The van der Waals surface area contributed by atoms with Crippen LogP contribution in [0.3, 0.4) is 0 Å². The maximum atomic E-state index is 12.9. The monoisotopic (exact) mass is 512 g/mol. The molecule has 1 rings (SSSR count). The van der Waals surface area contributed by atoms with Gasteiger partial charge in [-0.15, -0.1) is 0 Å². The quantitative estimate of drug-likeness (QED) is 0.378. The number of rotatable bonds is 6. The smallest absolute Gasteiger partial charge is 0.311 e. The van der Waals surface area contributed by atoms with Crippen LogP contribution in [0.1, 0.15) is 83.1 Å². The number of esters is 4. The molecular weight excluding hydrogens is 468 g/mol. The lowest BCUT2D eigenvalue weighted by molar-refractivity contribution is -0.204. The van der Waals surface area contributed by atoms with Gasteiger partial charge in [-0.3, -0.25) is 19.2 Å². The van der Waals surface area contributed by atoms with Crippen LogP contribution in [-0.2, 0) is 42.9 Å². The van der Waals surface area contributed by atoms with Crippen LogP contribution in [-0.4, -0.2) is 54.9 Å². The summed E-state index contributed by atoms with van der Waals surface area (Å²) in [6.07, 6.45) is -1.68. The molecule has 9 heteroatoms. The number of carbonyl (C=O) groups excluding carboxylic acids is 4. The fourth-order valence-electron chi connectivity index (χ4n) is 2.61. The van der Waals surface area contributed by atoms with Crippen LogP contribution < -0.4 is 0 Å². The lowest BCUT2D eigenvalue weighted by Gasteiger charge is -2.39. The average molecular weight is 513 g/mol. The van der Waals surface area contributed by atoms with Crippen LogP contribution in [0.5, 0.6) is 0 Å². The molecule has 0 saturated carbocycles. The summed E-state index contributed by atoms with van der Waals surface area (Å²) in [6, 6.07) is 0. The second-order valence-electron chi connectivity index (χ2n) is 13.2. The van der Waals surface area contributed by atoms with Crippen LogP contribution in [0.4, 0.5) is 0 Å². The molecule has 0 saturated heterocycles. The zero-order valence-electron chi connectivity index (χ0n) is 23.8. The van der Waals surface area contributed by atoms with Crippen molar-refractivity contribution in [3.05, 3.63) is 12.3 Å². The molecule has 3 unspecified atom stereocenters. The first-order chi connectivity index (χ1) is 16.0. The van der Waals surface area contributed by atoms with Crippen molar-refractivity contribution in [3.8, 4) is 0 Å². The molecule has 36 heavy (non-hydrogen) atoms. The van der Waals surface area contributed by atoms with E-state index in [-0.39, 0.29) is 6.61 Å². The Hall–Kier alpha value is -2.58. The topological polar surface area (TPSA) is 114 Å². The van der Waals surface area contributed by atoms with Gasteiger partial charge in [0.25, 0.3) is 0 Å². The summed E-state index contributed by atoms with van der Waals surface area (Å²) in [7, 11) is 0. The summed E-state index contributed by atoms with van der Waals surface area (Å²) in [5, 5.41) is 0. The van der Waals surface area contributed by atoms with E-state index in [2.05, 4.69) is 0 Å². The van der Waals surface area contributed by atoms with Gasteiger partial charge in [0.15, 0.2) is 24.4 Å². The third-order valence-electron chi connectivity index (χ3n) is 5.09. The molecule has 4 atom stereocenters. The predicted octanol–water partition coefficient (Wildman–Crippen LogP) is 4.36. The number of ether oxygens (including phenoxy) is 5. The van der Waals surface area contributed by atoms with Crippen molar-refractivity contribution in [2.45, 2.75) is 108 Å². The normalized spacial score (nSPS) is 21.6. The van der Waals surface area contributed by atoms with Gasteiger partial charge in [0.2, 0.25) is 0 Å². The maximum Gasteiger partial charge on any atom is 0.311 e. The van der Waals surface area contributed by atoms with Crippen molar-refractivity contribution in [1.29, 1.82) is 0 Å². The van der Waals surface area contributed by atoms with Gasteiger partial charge in [0.05, 0.1) is 27.9 Å². The molecule has 9 nitrogen and oxygen atoms in total. The lowest BCUT2D eigenvalue weighted by atomic mass is 9.94. The summed E-state index contributed by atoms with van der Waals surface area (Å²) in [5.74, 6) is -2.16. The highest BCUT2D eigenvalue weighted by Crippen LogP contribution is 2.30. The molecule has 0 N–H and O–H groups in total. The summed E-state index contributed by atoms with van der Waals surface area (Å²) in [5.41, 5.74) is -3.36. The molecular formula is C27H44O9. The minimum Gasteiger partial charge on any atom is -0.490 e. The van der Waals surface area contributed by atoms with E-state index in [0.717, 1.165) is 0 Å². The first-order valence-corrected chi connectivity index (χ1v) is 12.2. The van der Waals surface area contributed by atoms with Gasteiger partial charge in [-0.2, -0.15) is 0 Å². The highest BCUT2D eigenvalue weighted by atomic mass is 16.6. The molecule has 0 aliphatic carbocycles. The van der Waals surface area contributed by atoms with Crippen molar-refractivity contribution in [2.75, 3.05) is 6.61 Å². The third kappa shape index (κ3) is 9.13. The highest BCUT2D eigenvalue weighted by Gasteiger charge is 2.47. The van der Waals surface area contributed by atoms with Crippen molar-refractivity contribution < 1.29 is 42.9 Å². The second-order valence-corrected chi connectivity index (χ2v) is 13.2. The van der Waals surface area contributed by atoms with Crippen LogP contribution in [0.15, 0.2) is 12.3 Å². The van der Waals surface area contributed by atoms with E-state index in [0.29, 0.717) is 0 Å². The Kier molecular flexibility index (Phi) is 9.80. The number of carbonyl (C=O) groups is 4. The molecule has 0 spiro atoms. The Morgan fingerprint density at radius 2 is 1.14 bits per heavy atom. The van der Waals surface area contributed by atoms with Gasteiger partial charge in [-0.25, -0.2) is 0 Å². The minimum absolute atomic E-state index is 0.347. The number of hydrogen-bond acceptors (Lipinski definition) is 9. The molecule has 0 aromatic rings. The zero-order chi connectivity index (χ0) is 28.3. The van der Waals surface area contributed by atoms with E-state index in [1.54, 1.807) is 83.1 Å². The fraction of sp³-hybridized carbons (Fsp3) is 0.778. The van der Waals surface area contributed by atoms with E-state index in [1.165, 1.54) is 12.3 Å². The van der Waals surface area contributed by atoms with Gasteiger partial charge in [0, 0.05) is 0 Å². The van der Waals surface area contributed by atoms with Gasteiger partial charge in [-0.1, -0.05) is 0 Å². The van der Waals surface area contributed by atoms with Gasteiger partial charge >= 0.3 is 23.9 Å². The van der Waals surface area contributed by atoms with E-state index >= 15 is 0 Å². The first kappa shape index (κ1) is 31.4. The standard InChI is InChI=1S/C27H44O9/c1-24(2,3)20(28)33-15-17(35-22(30)26(7,8)9)18-19(36-23(31)27(10,11)12)16(13-14-32-18)34-21(29)25(4,5)6/h13-14,16-19H,15H2,1-12H3/t16?,17-,18?,19?/m0/s1. The highest BCUT2D eigenvalue weighted by molar-refractivity contribution is 5.77. The Bertz CT molecular complexity index is 844. The van der Waals surface area contributed by atoms with Crippen LogP contribution in [0.25, 0.3) is 0 Å². The van der Waals surface area contributed by atoms with E-state index < -0.39 is 70.0 Å². The molecule has 206 valence electrons. The van der Waals surface area contributed by atoms with E-state index in [9.17, 15) is 19.2 Å². The Morgan fingerprint density at radius 1 is 0.694 bits per heavy atom. The summed E-state index contributed by atoms with van der Waals surface area (Å²) >= 11 is 0. The molecule has 0 radical (unpaired) electrons. The summed E-state index contributed by atoms with van der Waals surface area (Å²) in [4.78, 5) is 50.8. The van der Waals surface area contributed by atoms with Gasteiger partial charge in [0.1, 0.15) is 6.61 Å². The predicted molar refractivity (Wildman–Crippen MR) is 132 cm³/mol. The Morgan fingerprint density at radius 3 is 1.58 bits per heavy atom. The summed E-state index contributed by atoms with van der Waals surface area (Å²) < 4.78 is 28.4. The third-order valence-corrected chi connectivity index (χ3v) is 5.09. The van der Waals surface area contributed by atoms with E-state index in [1.807, 2.05) is 0 Å². The Labute approximate surface area is 215 Å².